The number of halogens is 1. The topological polar surface area (TPSA) is 90.0 Å². The zero-order valence-corrected chi connectivity index (χ0v) is 16.2. The molecule has 2 N–H and O–H groups in total. The molecule has 2 aromatic rings. The Hall–Kier alpha value is -2.81. The predicted octanol–water partition coefficient (Wildman–Crippen LogP) is 2.61. The fourth-order valence-electron chi connectivity index (χ4n) is 3.16. The molecule has 1 aliphatic rings. The van der Waals surface area contributed by atoms with Crippen LogP contribution in [-0.4, -0.2) is 51.4 Å². The molecule has 0 atom stereocenters. The summed E-state index contributed by atoms with van der Waals surface area (Å²) in [6, 6.07) is 10.8. The summed E-state index contributed by atoms with van der Waals surface area (Å²) in [7, 11) is -3.48. The minimum atomic E-state index is -3.48. The molecule has 1 saturated heterocycles. The predicted molar refractivity (Wildman–Crippen MR) is 107 cm³/mol. The van der Waals surface area contributed by atoms with Crippen molar-refractivity contribution in [3.05, 3.63) is 53.8 Å². The summed E-state index contributed by atoms with van der Waals surface area (Å²) in [5.41, 5.74) is 1.74. The van der Waals surface area contributed by atoms with Gasteiger partial charge in [-0.05, 0) is 49.4 Å². The van der Waals surface area contributed by atoms with Crippen molar-refractivity contribution in [2.75, 3.05) is 46.5 Å². The Kier molecular flexibility index (Phi) is 5.73. The minimum absolute atomic E-state index is 0.0477. The summed E-state index contributed by atoms with van der Waals surface area (Å²) in [5, 5.41) is 9.58. The van der Waals surface area contributed by atoms with E-state index in [1.54, 1.807) is 24.3 Å². The average molecular weight is 407 g/mol. The minimum Gasteiger partial charge on any atom is -0.478 e. The summed E-state index contributed by atoms with van der Waals surface area (Å²) in [6.45, 7) is 4.02. The highest BCUT2D eigenvalue weighted by atomic mass is 32.2. The van der Waals surface area contributed by atoms with Gasteiger partial charge in [0.1, 0.15) is 5.82 Å². The number of nitrogens with one attached hydrogen (secondary N) is 1. The number of piperazine rings is 1. The van der Waals surface area contributed by atoms with Gasteiger partial charge in [0.25, 0.3) is 0 Å². The molecular formula is C19H22FN3O4S. The second-order valence-electron chi connectivity index (χ2n) is 6.49. The maximum absolute atomic E-state index is 13.1. The van der Waals surface area contributed by atoms with Crippen molar-refractivity contribution in [2.24, 2.45) is 0 Å². The second-order valence-corrected chi connectivity index (χ2v) is 8.50. The van der Waals surface area contributed by atoms with E-state index in [1.807, 2.05) is 4.90 Å². The number of nitrogens with zero attached hydrogens (tertiary/aromatic N) is 2. The monoisotopic (exact) mass is 407 g/mol. The van der Waals surface area contributed by atoms with Gasteiger partial charge < -0.3 is 14.9 Å². The van der Waals surface area contributed by atoms with Crippen LogP contribution in [0.3, 0.4) is 0 Å². The molecule has 0 aromatic heterocycles. The van der Waals surface area contributed by atoms with Crippen LogP contribution in [0.4, 0.5) is 21.5 Å². The van der Waals surface area contributed by atoms with Crippen LogP contribution in [-0.2, 0) is 10.0 Å². The lowest BCUT2D eigenvalue weighted by atomic mass is 10.1. The number of hydrogen-bond acceptors (Lipinski definition) is 5. The maximum atomic E-state index is 13.1. The summed E-state index contributed by atoms with van der Waals surface area (Å²) in [5.74, 6) is -1.50. The third-order valence-corrected chi connectivity index (χ3v) is 6.00. The number of carbonyl (C=O) groups is 1. The van der Waals surface area contributed by atoms with Gasteiger partial charge in [-0.3, -0.25) is 4.72 Å². The fraction of sp³-hybridized carbons (Fsp3) is 0.316. The molecular weight excluding hydrogens is 385 g/mol. The van der Waals surface area contributed by atoms with Crippen molar-refractivity contribution in [2.45, 2.75) is 6.92 Å². The molecule has 0 amide bonds. The maximum Gasteiger partial charge on any atom is 0.337 e. The third-order valence-electron chi connectivity index (χ3n) is 4.69. The van der Waals surface area contributed by atoms with Gasteiger partial charge in [0.15, 0.2) is 0 Å². The molecule has 1 aliphatic heterocycles. The average Bonchev–Trinajstić information content (AvgIpc) is 2.68. The molecule has 0 spiro atoms. The Morgan fingerprint density at radius 2 is 1.68 bits per heavy atom. The largest absolute Gasteiger partial charge is 0.478 e. The highest BCUT2D eigenvalue weighted by molar-refractivity contribution is 7.92. The number of carboxylic acid groups (broad SMARTS) is 1. The fourth-order valence-corrected chi connectivity index (χ4v) is 3.79. The van der Waals surface area contributed by atoms with E-state index in [-0.39, 0.29) is 22.8 Å². The Labute approximate surface area is 163 Å². The Morgan fingerprint density at radius 3 is 2.25 bits per heavy atom. The van der Waals surface area contributed by atoms with Gasteiger partial charge in [-0.15, -0.1) is 0 Å². The first-order valence-electron chi connectivity index (χ1n) is 8.92. The number of hydrogen-bond donors (Lipinski definition) is 2. The van der Waals surface area contributed by atoms with Crippen molar-refractivity contribution in [3.63, 3.8) is 0 Å². The van der Waals surface area contributed by atoms with Gasteiger partial charge in [0.2, 0.25) is 10.0 Å². The second kappa shape index (κ2) is 8.05. The first kappa shape index (κ1) is 19.9. The van der Waals surface area contributed by atoms with Crippen LogP contribution in [0, 0.1) is 5.82 Å². The highest BCUT2D eigenvalue weighted by Gasteiger charge is 2.22. The van der Waals surface area contributed by atoms with Gasteiger partial charge in [-0.1, -0.05) is 0 Å². The van der Waals surface area contributed by atoms with Gasteiger partial charge in [-0.25, -0.2) is 17.6 Å². The number of carboxylic acids is 1. The lowest BCUT2D eigenvalue weighted by Crippen LogP contribution is -2.47. The molecule has 7 nitrogen and oxygen atoms in total. The van der Waals surface area contributed by atoms with Gasteiger partial charge in [-0.2, -0.15) is 0 Å². The molecule has 1 fully saturated rings. The van der Waals surface area contributed by atoms with E-state index in [0.717, 1.165) is 5.69 Å². The summed E-state index contributed by atoms with van der Waals surface area (Å²) >= 11 is 0. The zero-order valence-electron chi connectivity index (χ0n) is 15.4. The van der Waals surface area contributed by atoms with Crippen molar-refractivity contribution in [1.82, 2.24) is 0 Å². The lowest BCUT2D eigenvalue weighted by molar-refractivity contribution is 0.0697. The lowest BCUT2D eigenvalue weighted by Gasteiger charge is -2.38. The van der Waals surface area contributed by atoms with Crippen LogP contribution in [0.5, 0.6) is 0 Å². The van der Waals surface area contributed by atoms with Crippen LogP contribution in [0.25, 0.3) is 0 Å². The van der Waals surface area contributed by atoms with Crippen LogP contribution < -0.4 is 14.5 Å². The molecule has 150 valence electrons. The normalized spacial score (nSPS) is 14.8. The Morgan fingerprint density at radius 1 is 1.07 bits per heavy atom. The number of anilines is 3. The van der Waals surface area contributed by atoms with Crippen molar-refractivity contribution in [3.8, 4) is 0 Å². The first-order chi connectivity index (χ1) is 13.3. The summed E-state index contributed by atoms with van der Waals surface area (Å²) in [6.07, 6.45) is 0. The smallest absolute Gasteiger partial charge is 0.337 e. The van der Waals surface area contributed by atoms with E-state index in [9.17, 15) is 22.7 Å². The van der Waals surface area contributed by atoms with E-state index >= 15 is 0 Å². The van der Waals surface area contributed by atoms with Gasteiger partial charge in [0.05, 0.1) is 17.0 Å². The molecule has 0 saturated carbocycles. The van der Waals surface area contributed by atoms with Gasteiger partial charge in [0, 0.05) is 37.6 Å². The zero-order chi connectivity index (χ0) is 20.3. The molecule has 1 heterocycles. The van der Waals surface area contributed by atoms with Crippen molar-refractivity contribution in [1.29, 1.82) is 0 Å². The molecule has 0 bridgehead atoms. The van der Waals surface area contributed by atoms with Crippen molar-refractivity contribution < 1.29 is 22.7 Å². The highest BCUT2D eigenvalue weighted by Crippen LogP contribution is 2.27. The summed E-state index contributed by atoms with van der Waals surface area (Å²) in [4.78, 5) is 15.8. The molecule has 0 radical (unpaired) electrons. The quantitative estimate of drug-likeness (QED) is 0.765. The molecule has 9 heteroatoms. The number of aromatic carboxylic acids is 1. The van der Waals surface area contributed by atoms with E-state index in [2.05, 4.69) is 9.62 Å². The number of sulfonamides is 1. The van der Waals surface area contributed by atoms with Crippen LogP contribution in [0.15, 0.2) is 42.5 Å². The number of rotatable bonds is 6. The molecule has 0 aliphatic carbocycles. The van der Waals surface area contributed by atoms with E-state index in [0.29, 0.717) is 31.9 Å². The SMILES string of the molecule is CCS(=O)(=O)Nc1ccc(N2CCN(c3ccc(F)cc3)CC2)c(C(=O)O)c1. The van der Waals surface area contributed by atoms with Crippen LogP contribution >= 0.6 is 0 Å². The molecule has 0 unspecified atom stereocenters. The van der Waals surface area contributed by atoms with E-state index in [1.165, 1.54) is 25.1 Å². The van der Waals surface area contributed by atoms with Gasteiger partial charge >= 0.3 is 5.97 Å². The van der Waals surface area contributed by atoms with Crippen LogP contribution in [0.1, 0.15) is 17.3 Å². The Balaban J connectivity index is 1.76. The Bertz CT molecular complexity index is 956. The first-order valence-corrected chi connectivity index (χ1v) is 10.6. The molecule has 2 aromatic carbocycles. The third kappa shape index (κ3) is 4.53. The molecule has 3 rings (SSSR count). The molecule has 28 heavy (non-hydrogen) atoms. The van der Waals surface area contributed by atoms with E-state index in [4.69, 9.17) is 0 Å². The van der Waals surface area contributed by atoms with Crippen LogP contribution in [0.2, 0.25) is 0 Å². The van der Waals surface area contributed by atoms with Crippen molar-refractivity contribution >= 4 is 33.1 Å². The standard InChI is InChI=1S/C19H22FN3O4S/c1-2-28(26,27)21-15-5-8-18(17(13-15)19(24)25)23-11-9-22(10-12-23)16-6-3-14(20)4-7-16/h3-8,13,21H,2,9-12H2,1H3,(H,24,25). The number of benzene rings is 2. The van der Waals surface area contributed by atoms with E-state index < -0.39 is 16.0 Å². The summed E-state index contributed by atoms with van der Waals surface area (Å²) < 4.78 is 38.9.